The molecule has 1 aromatic carbocycles. The largest absolute Gasteiger partial charge is 0.375 e. The van der Waals surface area contributed by atoms with Crippen LogP contribution in [-0.2, 0) is 19.6 Å². The molecule has 2 aliphatic rings. The molecule has 2 aliphatic heterocycles. The Hall–Kier alpha value is -1.44. The second kappa shape index (κ2) is 6.59. The first-order chi connectivity index (χ1) is 11.0. The van der Waals surface area contributed by atoms with Gasteiger partial charge in [-0.25, -0.2) is 8.42 Å². The van der Waals surface area contributed by atoms with Crippen LogP contribution in [0.25, 0.3) is 0 Å². The number of morpholine rings is 1. The van der Waals surface area contributed by atoms with Crippen molar-refractivity contribution in [3.63, 3.8) is 0 Å². The molecule has 0 bridgehead atoms. The van der Waals surface area contributed by atoms with Gasteiger partial charge in [0.25, 0.3) is 0 Å². The molecule has 0 spiro atoms. The number of carbonyl (C=O) groups excluding carboxylic acids is 1. The number of hydrogen-bond donors (Lipinski definition) is 0. The molecule has 23 heavy (non-hydrogen) atoms. The first-order valence-corrected chi connectivity index (χ1v) is 9.48. The number of nitrogens with zero attached hydrogens (tertiary/aromatic N) is 2. The Balaban J connectivity index is 1.79. The van der Waals surface area contributed by atoms with Gasteiger partial charge in [-0.3, -0.25) is 4.79 Å². The van der Waals surface area contributed by atoms with E-state index in [0.717, 1.165) is 18.5 Å². The third kappa shape index (κ3) is 3.27. The number of sulfonamides is 1. The van der Waals surface area contributed by atoms with Crippen LogP contribution in [0.1, 0.15) is 26.2 Å². The molecule has 126 valence electrons. The molecular weight excluding hydrogens is 316 g/mol. The van der Waals surface area contributed by atoms with Gasteiger partial charge >= 0.3 is 0 Å². The van der Waals surface area contributed by atoms with Gasteiger partial charge in [-0.1, -0.05) is 6.92 Å². The predicted molar refractivity (Wildman–Crippen MR) is 86.8 cm³/mol. The fraction of sp³-hybridized carbons (Fsp3) is 0.562. The van der Waals surface area contributed by atoms with Crippen molar-refractivity contribution < 1.29 is 17.9 Å². The summed E-state index contributed by atoms with van der Waals surface area (Å²) in [6, 6.07) is 6.61. The Labute approximate surface area is 137 Å². The van der Waals surface area contributed by atoms with Crippen LogP contribution < -0.4 is 4.90 Å². The van der Waals surface area contributed by atoms with E-state index in [1.54, 1.807) is 29.2 Å². The summed E-state index contributed by atoms with van der Waals surface area (Å²) in [5, 5.41) is 0. The zero-order chi connectivity index (χ0) is 16.4. The SMILES string of the molecule is CC[C@@H]1CN(S(=O)(=O)c2ccc(N3CCCC3=O)cc2)CCO1. The van der Waals surface area contributed by atoms with Gasteiger partial charge in [0.05, 0.1) is 17.6 Å². The molecule has 3 rings (SSSR count). The van der Waals surface area contributed by atoms with Crippen molar-refractivity contribution in [1.82, 2.24) is 4.31 Å². The van der Waals surface area contributed by atoms with E-state index in [0.29, 0.717) is 32.7 Å². The molecule has 0 aliphatic carbocycles. The van der Waals surface area contributed by atoms with Crippen molar-refractivity contribution in [3.05, 3.63) is 24.3 Å². The van der Waals surface area contributed by atoms with Crippen LogP contribution in [0.5, 0.6) is 0 Å². The monoisotopic (exact) mass is 338 g/mol. The van der Waals surface area contributed by atoms with Gasteiger partial charge in [-0.05, 0) is 37.1 Å². The van der Waals surface area contributed by atoms with Crippen LogP contribution in [0.4, 0.5) is 5.69 Å². The van der Waals surface area contributed by atoms with Crippen LogP contribution in [0, 0.1) is 0 Å². The molecular formula is C16H22N2O4S. The van der Waals surface area contributed by atoms with E-state index in [-0.39, 0.29) is 16.9 Å². The van der Waals surface area contributed by atoms with E-state index < -0.39 is 10.0 Å². The molecule has 0 N–H and O–H groups in total. The quantitative estimate of drug-likeness (QED) is 0.836. The lowest BCUT2D eigenvalue weighted by Gasteiger charge is -2.31. The zero-order valence-electron chi connectivity index (χ0n) is 13.3. The highest BCUT2D eigenvalue weighted by Crippen LogP contribution is 2.25. The van der Waals surface area contributed by atoms with E-state index in [2.05, 4.69) is 0 Å². The Kier molecular flexibility index (Phi) is 4.70. The molecule has 0 radical (unpaired) electrons. The maximum atomic E-state index is 12.7. The van der Waals surface area contributed by atoms with Gasteiger partial charge in [-0.2, -0.15) is 4.31 Å². The van der Waals surface area contributed by atoms with Crippen molar-refractivity contribution in [1.29, 1.82) is 0 Å². The van der Waals surface area contributed by atoms with E-state index in [1.807, 2.05) is 6.92 Å². The molecule has 6 nitrogen and oxygen atoms in total. The summed E-state index contributed by atoms with van der Waals surface area (Å²) in [6.45, 7) is 3.89. The number of rotatable bonds is 4. The number of ether oxygens (including phenoxy) is 1. The van der Waals surface area contributed by atoms with Gasteiger partial charge < -0.3 is 9.64 Å². The number of anilines is 1. The van der Waals surface area contributed by atoms with Gasteiger partial charge in [0.15, 0.2) is 0 Å². The molecule has 7 heteroatoms. The first kappa shape index (κ1) is 16.4. The molecule has 0 unspecified atom stereocenters. The van der Waals surface area contributed by atoms with E-state index >= 15 is 0 Å². The molecule has 2 heterocycles. The minimum absolute atomic E-state index is 0.0416. The molecule has 1 aromatic rings. The van der Waals surface area contributed by atoms with Crippen molar-refractivity contribution in [3.8, 4) is 0 Å². The molecule has 2 fully saturated rings. The minimum atomic E-state index is -3.51. The minimum Gasteiger partial charge on any atom is -0.375 e. The van der Waals surface area contributed by atoms with Crippen molar-refractivity contribution in [2.45, 2.75) is 37.2 Å². The van der Waals surface area contributed by atoms with Gasteiger partial charge in [0.1, 0.15) is 0 Å². The van der Waals surface area contributed by atoms with Gasteiger partial charge in [-0.15, -0.1) is 0 Å². The molecule has 0 saturated carbocycles. The standard InChI is InChI=1S/C16H22N2O4S/c1-2-14-12-17(10-11-22-14)23(20,21)15-7-5-13(6-8-15)18-9-3-4-16(18)19/h5-8,14H,2-4,9-12H2,1H3/t14-/m1/s1. The lowest BCUT2D eigenvalue weighted by Crippen LogP contribution is -2.45. The van der Waals surface area contributed by atoms with Gasteiger partial charge in [0.2, 0.25) is 15.9 Å². The molecule has 2 saturated heterocycles. The molecule has 0 aromatic heterocycles. The van der Waals surface area contributed by atoms with Crippen LogP contribution in [-0.4, -0.2) is 51.0 Å². The maximum absolute atomic E-state index is 12.7. The number of hydrogen-bond acceptors (Lipinski definition) is 4. The van der Waals surface area contributed by atoms with Gasteiger partial charge in [0, 0.05) is 31.7 Å². The smallest absolute Gasteiger partial charge is 0.243 e. The third-order valence-corrected chi connectivity index (χ3v) is 6.30. The maximum Gasteiger partial charge on any atom is 0.243 e. The summed E-state index contributed by atoms with van der Waals surface area (Å²) in [5.74, 6) is 0.0968. The number of benzene rings is 1. The van der Waals surface area contributed by atoms with Crippen molar-refractivity contribution in [2.24, 2.45) is 0 Å². The number of amides is 1. The second-order valence-corrected chi connectivity index (χ2v) is 7.84. The van der Waals surface area contributed by atoms with E-state index in [9.17, 15) is 13.2 Å². The van der Waals surface area contributed by atoms with Crippen molar-refractivity contribution >= 4 is 21.6 Å². The lowest BCUT2D eigenvalue weighted by molar-refractivity contribution is -0.117. The zero-order valence-corrected chi connectivity index (χ0v) is 14.1. The summed E-state index contributed by atoms with van der Waals surface area (Å²) >= 11 is 0. The highest BCUT2D eigenvalue weighted by atomic mass is 32.2. The molecule has 1 amide bonds. The molecule has 1 atom stereocenters. The highest BCUT2D eigenvalue weighted by molar-refractivity contribution is 7.89. The Bertz CT molecular complexity index is 672. The third-order valence-electron chi connectivity index (χ3n) is 4.42. The summed E-state index contributed by atoms with van der Waals surface area (Å²) in [4.78, 5) is 13.7. The average molecular weight is 338 g/mol. The second-order valence-electron chi connectivity index (χ2n) is 5.91. The van der Waals surface area contributed by atoms with E-state index in [1.165, 1.54) is 4.31 Å². The highest BCUT2D eigenvalue weighted by Gasteiger charge is 2.30. The summed E-state index contributed by atoms with van der Waals surface area (Å²) in [7, 11) is -3.51. The summed E-state index contributed by atoms with van der Waals surface area (Å²) in [5.41, 5.74) is 0.764. The summed E-state index contributed by atoms with van der Waals surface area (Å²) in [6.07, 6.45) is 2.17. The van der Waals surface area contributed by atoms with E-state index in [4.69, 9.17) is 4.74 Å². The predicted octanol–water partition coefficient (Wildman–Crippen LogP) is 1.61. The fourth-order valence-electron chi connectivity index (χ4n) is 3.03. The Morgan fingerprint density at radius 3 is 2.57 bits per heavy atom. The Morgan fingerprint density at radius 1 is 1.22 bits per heavy atom. The fourth-order valence-corrected chi connectivity index (χ4v) is 4.48. The topological polar surface area (TPSA) is 66.9 Å². The van der Waals surface area contributed by atoms with Crippen LogP contribution in [0.2, 0.25) is 0 Å². The van der Waals surface area contributed by atoms with Crippen LogP contribution >= 0.6 is 0 Å². The lowest BCUT2D eigenvalue weighted by atomic mass is 10.2. The number of carbonyl (C=O) groups is 1. The first-order valence-electron chi connectivity index (χ1n) is 8.04. The van der Waals surface area contributed by atoms with Crippen LogP contribution in [0.15, 0.2) is 29.2 Å². The average Bonchev–Trinajstić information content (AvgIpc) is 3.01. The normalized spacial score (nSPS) is 23.4. The Morgan fingerprint density at radius 2 is 1.96 bits per heavy atom. The summed E-state index contributed by atoms with van der Waals surface area (Å²) < 4.78 is 32.5. The van der Waals surface area contributed by atoms with Crippen molar-refractivity contribution in [2.75, 3.05) is 31.1 Å². The van der Waals surface area contributed by atoms with Crippen LogP contribution in [0.3, 0.4) is 0 Å².